The lowest BCUT2D eigenvalue weighted by Gasteiger charge is -2.21. The summed E-state index contributed by atoms with van der Waals surface area (Å²) in [5.41, 5.74) is 0. The van der Waals surface area contributed by atoms with Crippen LogP contribution in [0, 0.1) is 0 Å². The van der Waals surface area contributed by atoms with E-state index in [2.05, 4.69) is 31.0 Å². The van der Waals surface area contributed by atoms with E-state index in [0.717, 1.165) is 32.2 Å². The third-order valence-electron chi connectivity index (χ3n) is 3.10. The Morgan fingerprint density at radius 1 is 1.24 bits per heavy atom. The smallest absolute Gasteiger partial charge is 0.0518 e. The minimum Gasteiger partial charge on any atom is -0.379 e. The fraction of sp³-hybridized carbons (Fsp3) is 1.00. The fourth-order valence-corrected chi connectivity index (χ4v) is 2.07. The number of nitrogens with one attached hydrogen (secondary N) is 1. The van der Waals surface area contributed by atoms with Gasteiger partial charge in [0, 0.05) is 25.7 Å². The van der Waals surface area contributed by atoms with Crippen LogP contribution in [0.3, 0.4) is 0 Å². The van der Waals surface area contributed by atoms with Gasteiger partial charge < -0.3 is 10.1 Å². The Balaban J connectivity index is 1.88. The van der Waals surface area contributed by atoms with Crippen LogP contribution in [0.4, 0.5) is 0 Å². The van der Waals surface area contributed by atoms with Crippen LogP contribution in [0.25, 0.3) is 0 Å². The molecule has 1 aliphatic carbocycles. The van der Waals surface area contributed by atoms with E-state index in [1.54, 1.807) is 0 Å². The molecule has 0 aromatic carbocycles. The molecule has 1 N–H and O–H groups in total. The van der Waals surface area contributed by atoms with Crippen LogP contribution in [0.2, 0.25) is 0 Å². The van der Waals surface area contributed by atoms with Crippen LogP contribution in [0.15, 0.2) is 0 Å². The average Bonchev–Trinajstić information content (AvgIpc) is 3.09. The van der Waals surface area contributed by atoms with Gasteiger partial charge in [0.1, 0.15) is 0 Å². The Hall–Kier alpha value is -0.120. The highest BCUT2D eigenvalue weighted by Gasteiger charge is 2.27. The number of rotatable bonds is 11. The first-order valence-corrected chi connectivity index (χ1v) is 7.30. The van der Waals surface area contributed by atoms with Crippen molar-refractivity contribution in [3.05, 3.63) is 0 Å². The zero-order valence-corrected chi connectivity index (χ0v) is 11.9. The highest BCUT2D eigenvalue weighted by atomic mass is 16.5. The molecule has 0 amide bonds. The molecule has 0 heterocycles. The van der Waals surface area contributed by atoms with Crippen molar-refractivity contribution in [2.24, 2.45) is 0 Å². The maximum absolute atomic E-state index is 5.51. The van der Waals surface area contributed by atoms with Gasteiger partial charge in [0.2, 0.25) is 0 Å². The van der Waals surface area contributed by atoms with Crippen molar-refractivity contribution in [1.82, 2.24) is 10.2 Å². The van der Waals surface area contributed by atoms with Gasteiger partial charge in [-0.2, -0.15) is 0 Å². The van der Waals surface area contributed by atoms with Gasteiger partial charge >= 0.3 is 0 Å². The van der Waals surface area contributed by atoms with Gasteiger partial charge in [-0.25, -0.2) is 0 Å². The predicted molar refractivity (Wildman–Crippen MR) is 73.5 cm³/mol. The molecule has 0 aliphatic heterocycles. The molecule has 1 aliphatic rings. The minimum absolute atomic E-state index is 0.366. The van der Waals surface area contributed by atoms with Gasteiger partial charge in [-0.1, -0.05) is 6.92 Å². The molecule has 102 valence electrons. The van der Waals surface area contributed by atoms with E-state index in [9.17, 15) is 0 Å². The van der Waals surface area contributed by atoms with Gasteiger partial charge in [-0.05, 0) is 52.6 Å². The summed E-state index contributed by atoms with van der Waals surface area (Å²) in [5.74, 6) is 0. The zero-order valence-electron chi connectivity index (χ0n) is 11.9. The predicted octanol–water partition coefficient (Wildman–Crippen LogP) is 2.27. The van der Waals surface area contributed by atoms with E-state index in [-0.39, 0.29) is 0 Å². The van der Waals surface area contributed by atoms with Gasteiger partial charge in [-0.15, -0.1) is 0 Å². The third kappa shape index (κ3) is 7.74. The summed E-state index contributed by atoms with van der Waals surface area (Å²) >= 11 is 0. The molecule has 3 nitrogen and oxygen atoms in total. The van der Waals surface area contributed by atoms with E-state index in [1.165, 1.54) is 32.4 Å². The first kappa shape index (κ1) is 14.9. The van der Waals surface area contributed by atoms with Gasteiger partial charge in [-0.3, -0.25) is 4.90 Å². The molecule has 3 heteroatoms. The van der Waals surface area contributed by atoms with Crippen LogP contribution < -0.4 is 5.32 Å². The molecule has 0 aromatic heterocycles. The molecule has 0 spiro atoms. The first-order valence-electron chi connectivity index (χ1n) is 7.30. The van der Waals surface area contributed by atoms with Gasteiger partial charge in [0.25, 0.3) is 0 Å². The van der Waals surface area contributed by atoms with E-state index in [1.807, 2.05) is 0 Å². The molecule has 0 unspecified atom stereocenters. The monoisotopic (exact) mass is 242 g/mol. The number of nitrogens with zero attached hydrogens (tertiary/aromatic N) is 1. The second-order valence-electron chi connectivity index (χ2n) is 5.29. The lowest BCUT2D eigenvalue weighted by molar-refractivity contribution is 0.0770. The second-order valence-corrected chi connectivity index (χ2v) is 5.29. The van der Waals surface area contributed by atoms with E-state index in [4.69, 9.17) is 4.74 Å². The van der Waals surface area contributed by atoms with Crippen LogP contribution in [0.5, 0.6) is 0 Å². The second kappa shape index (κ2) is 8.90. The van der Waals surface area contributed by atoms with E-state index in [0.29, 0.717) is 6.10 Å². The van der Waals surface area contributed by atoms with Crippen LogP contribution in [0.1, 0.15) is 46.5 Å². The number of hydrogen-bond acceptors (Lipinski definition) is 3. The van der Waals surface area contributed by atoms with Crippen molar-refractivity contribution in [2.75, 3.05) is 32.8 Å². The van der Waals surface area contributed by atoms with E-state index < -0.39 is 0 Å². The Bertz CT molecular complexity index is 181. The average molecular weight is 242 g/mol. The Morgan fingerprint density at radius 3 is 2.59 bits per heavy atom. The summed E-state index contributed by atoms with van der Waals surface area (Å²) in [5, 5.41) is 3.51. The minimum atomic E-state index is 0.366. The molecule has 1 saturated carbocycles. The largest absolute Gasteiger partial charge is 0.379 e. The molecule has 0 saturated heterocycles. The summed E-state index contributed by atoms with van der Waals surface area (Å²) in [6, 6.07) is 0.904. The molecular formula is C14H30N2O. The Kier molecular flexibility index (Phi) is 7.82. The maximum atomic E-state index is 5.51. The van der Waals surface area contributed by atoms with Gasteiger partial charge in [0.05, 0.1) is 6.10 Å². The van der Waals surface area contributed by atoms with E-state index >= 15 is 0 Å². The van der Waals surface area contributed by atoms with Crippen LogP contribution in [-0.2, 0) is 4.74 Å². The summed E-state index contributed by atoms with van der Waals surface area (Å²) < 4.78 is 5.51. The first-order chi connectivity index (χ1) is 8.24. The number of hydrogen-bond donors (Lipinski definition) is 1. The summed E-state index contributed by atoms with van der Waals surface area (Å²) in [7, 11) is 0. The Morgan fingerprint density at radius 2 is 2.00 bits per heavy atom. The van der Waals surface area contributed by atoms with Crippen LogP contribution >= 0.6 is 0 Å². The quantitative estimate of drug-likeness (QED) is 0.563. The molecule has 0 atom stereocenters. The molecule has 0 aromatic rings. The standard InChI is InChI=1S/C14H30N2O/c1-4-10-16(14-6-7-14)11-9-15-8-5-12-17-13(2)3/h13-15H,4-12H2,1-3H3. The molecule has 0 bridgehead atoms. The Labute approximate surface area is 107 Å². The molecule has 1 rings (SSSR count). The molecule has 1 fully saturated rings. The lowest BCUT2D eigenvalue weighted by atomic mass is 10.3. The highest BCUT2D eigenvalue weighted by Crippen LogP contribution is 2.26. The summed E-state index contributed by atoms with van der Waals surface area (Å²) in [4.78, 5) is 2.64. The molecular weight excluding hydrogens is 212 g/mol. The van der Waals surface area contributed by atoms with Crippen molar-refractivity contribution in [3.8, 4) is 0 Å². The third-order valence-corrected chi connectivity index (χ3v) is 3.10. The molecule has 17 heavy (non-hydrogen) atoms. The lowest BCUT2D eigenvalue weighted by Crippen LogP contribution is -2.34. The highest BCUT2D eigenvalue weighted by molar-refractivity contribution is 4.84. The van der Waals surface area contributed by atoms with Crippen LogP contribution in [-0.4, -0.2) is 49.8 Å². The maximum Gasteiger partial charge on any atom is 0.0518 e. The van der Waals surface area contributed by atoms with Crippen molar-refractivity contribution in [1.29, 1.82) is 0 Å². The molecule has 0 radical (unpaired) electrons. The zero-order chi connectivity index (χ0) is 12.5. The number of ether oxygens (including phenoxy) is 1. The van der Waals surface area contributed by atoms with Crippen molar-refractivity contribution >= 4 is 0 Å². The summed E-state index contributed by atoms with van der Waals surface area (Å²) in [6.45, 7) is 12.0. The SMILES string of the molecule is CCCN(CCNCCCOC(C)C)C1CC1. The normalized spacial score (nSPS) is 16.1. The van der Waals surface area contributed by atoms with Crippen molar-refractivity contribution in [3.63, 3.8) is 0 Å². The van der Waals surface area contributed by atoms with Crippen molar-refractivity contribution in [2.45, 2.75) is 58.6 Å². The summed E-state index contributed by atoms with van der Waals surface area (Å²) in [6.07, 6.45) is 5.60. The topological polar surface area (TPSA) is 24.5 Å². The van der Waals surface area contributed by atoms with Gasteiger partial charge in [0.15, 0.2) is 0 Å². The van der Waals surface area contributed by atoms with Crippen molar-refractivity contribution < 1.29 is 4.74 Å². The fourth-order valence-electron chi connectivity index (χ4n) is 2.07.